The van der Waals surface area contributed by atoms with E-state index in [1.165, 1.54) is 17.2 Å². The molecule has 184 valence electrons. The van der Waals surface area contributed by atoms with E-state index in [9.17, 15) is 23.1 Å². The third kappa shape index (κ3) is 4.82. The van der Waals surface area contributed by atoms with E-state index in [0.29, 0.717) is 28.7 Å². The van der Waals surface area contributed by atoms with E-state index >= 15 is 0 Å². The van der Waals surface area contributed by atoms with E-state index < -0.39 is 17.7 Å². The number of pyridine rings is 2. The number of alkyl halides is 3. The van der Waals surface area contributed by atoms with Crippen molar-refractivity contribution in [3.63, 3.8) is 0 Å². The first kappa shape index (κ1) is 23.6. The quantitative estimate of drug-likeness (QED) is 0.295. The van der Waals surface area contributed by atoms with E-state index in [1.807, 2.05) is 24.3 Å². The average molecular weight is 493 g/mol. The first-order valence-corrected chi connectivity index (χ1v) is 11.4. The largest absolute Gasteiger partial charge is 0.478 e. The van der Waals surface area contributed by atoms with Crippen molar-refractivity contribution in [2.45, 2.75) is 38.4 Å². The van der Waals surface area contributed by atoms with Crippen LogP contribution >= 0.6 is 0 Å². The summed E-state index contributed by atoms with van der Waals surface area (Å²) in [5.74, 6) is 0.178. The van der Waals surface area contributed by atoms with Crippen LogP contribution in [0.3, 0.4) is 0 Å². The monoisotopic (exact) mass is 493 g/mol. The van der Waals surface area contributed by atoms with Gasteiger partial charge in [0.2, 0.25) is 0 Å². The number of halogens is 3. The van der Waals surface area contributed by atoms with Crippen molar-refractivity contribution in [1.82, 2.24) is 9.97 Å². The van der Waals surface area contributed by atoms with Crippen molar-refractivity contribution in [2.75, 3.05) is 5.06 Å². The lowest BCUT2D eigenvalue weighted by molar-refractivity contribution is -0.137. The maximum atomic E-state index is 13.0. The summed E-state index contributed by atoms with van der Waals surface area (Å²) >= 11 is 0. The van der Waals surface area contributed by atoms with Gasteiger partial charge in [0, 0.05) is 23.3 Å². The van der Waals surface area contributed by atoms with Crippen molar-refractivity contribution in [3.8, 4) is 5.75 Å². The molecule has 0 radical (unpaired) electrons. The van der Waals surface area contributed by atoms with Crippen LogP contribution in [-0.4, -0.2) is 21.0 Å². The molecule has 0 spiro atoms. The number of benzene rings is 2. The number of anilines is 1. The minimum absolute atomic E-state index is 0.0307. The maximum Gasteiger partial charge on any atom is 0.417 e. The summed E-state index contributed by atoms with van der Waals surface area (Å²) in [4.78, 5) is 26.3. The van der Waals surface area contributed by atoms with Gasteiger partial charge in [-0.2, -0.15) is 18.2 Å². The molecule has 1 aliphatic rings. The lowest BCUT2D eigenvalue weighted by Gasteiger charge is -2.26. The summed E-state index contributed by atoms with van der Waals surface area (Å²) in [7, 11) is 0. The number of carbonyl (C=O) groups is 1. The van der Waals surface area contributed by atoms with Crippen LogP contribution in [0.4, 0.5) is 19.0 Å². The number of rotatable bonds is 7. The average Bonchev–Trinajstić information content (AvgIpc) is 3.68. The highest BCUT2D eigenvalue weighted by molar-refractivity contribution is 5.90. The van der Waals surface area contributed by atoms with Gasteiger partial charge >= 0.3 is 12.1 Å². The Morgan fingerprint density at radius 1 is 1.08 bits per heavy atom. The molecule has 0 atom stereocenters. The molecule has 0 unspecified atom stereocenters. The van der Waals surface area contributed by atoms with Crippen LogP contribution in [0.1, 0.15) is 51.5 Å². The normalized spacial score (nSPS) is 13.6. The van der Waals surface area contributed by atoms with Gasteiger partial charge < -0.3 is 9.94 Å². The van der Waals surface area contributed by atoms with E-state index in [-0.39, 0.29) is 12.1 Å². The lowest BCUT2D eigenvalue weighted by atomic mass is 10.0. The Morgan fingerprint density at radius 3 is 2.50 bits per heavy atom. The molecule has 1 aliphatic carbocycles. The van der Waals surface area contributed by atoms with Crippen LogP contribution < -0.4 is 9.90 Å². The fourth-order valence-electron chi connectivity index (χ4n) is 4.19. The minimum Gasteiger partial charge on any atom is -0.478 e. The summed E-state index contributed by atoms with van der Waals surface area (Å²) in [5.41, 5.74) is 1.21. The molecule has 0 saturated heterocycles. The maximum absolute atomic E-state index is 13.0. The van der Waals surface area contributed by atoms with Crippen molar-refractivity contribution in [3.05, 3.63) is 94.9 Å². The van der Waals surface area contributed by atoms with Crippen LogP contribution in [0.15, 0.2) is 67.0 Å². The molecule has 0 amide bonds. The second-order valence-electron chi connectivity index (χ2n) is 8.80. The van der Waals surface area contributed by atoms with Gasteiger partial charge in [0.1, 0.15) is 6.54 Å². The summed E-state index contributed by atoms with van der Waals surface area (Å²) < 4.78 is 39.1. The SMILES string of the molecule is Cc1cc(ON(Cc2ccc(C(F)(F)F)cn2)c2ncc3ccccc3c2C2CC2)ccc1C(=O)O. The Bertz CT molecular complexity index is 1430. The summed E-state index contributed by atoms with van der Waals surface area (Å²) in [6.45, 7) is 1.70. The molecule has 36 heavy (non-hydrogen) atoms. The third-order valence-electron chi connectivity index (χ3n) is 6.14. The Balaban J connectivity index is 1.56. The van der Waals surface area contributed by atoms with Crippen LogP contribution in [0.5, 0.6) is 5.75 Å². The molecule has 0 bridgehead atoms. The molecule has 4 aromatic rings. The molecule has 1 fully saturated rings. The van der Waals surface area contributed by atoms with Crippen LogP contribution in [0.25, 0.3) is 10.8 Å². The second kappa shape index (κ2) is 9.14. The number of fused-ring (bicyclic) bond motifs is 1. The smallest absolute Gasteiger partial charge is 0.417 e. The van der Waals surface area contributed by atoms with E-state index in [1.54, 1.807) is 25.3 Å². The van der Waals surface area contributed by atoms with Crippen molar-refractivity contribution < 1.29 is 27.9 Å². The van der Waals surface area contributed by atoms with Gasteiger partial charge in [-0.15, -0.1) is 0 Å². The zero-order chi connectivity index (χ0) is 25.4. The molecule has 1 saturated carbocycles. The molecule has 1 N–H and O–H groups in total. The van der Waals surface area contributed by atoms with Gasteiger partial charge in [-0.05, 0) is 67.0 Å². The Hall–Kier alpha value is -4.14. The number of nitrogens with zero attached hydrogens (tertiary/aromatic N) is 3. The number of carboxylic acids is 1. The predicted octanol–water partition coefficient (Wildman–Crippen LogP) is 6.53. The van der Waals surface area contributed by atoms with Gasteiger partial charge in [0.15, 0.2) is 11.6 Å². The molecule has 6 nitrogen and oxygen atoms in total. The highest BCUT2D eigenvalue weighted by atomic mass is 19.4. The standard InChI is InChI=1S/C27H22F3N3O3/c1-16-12-21(10-11-22(16)26(34)35)36-33(15-20-9-8-19(14-31-20)27(28,29)30)25-24(17-6-7-17)23-5-3-2-4-18(23)13-32-25/h2-5,8-14,17H,6-7,15H2,1H3,(H,34,35). The van der Waals surface area contributed by atoms with E-state index in [2.05, 4.69) is 9.97 Å². The molecule has 5 rings (SSSR count). The molecule has 2 heterocycles. The van der Waals surface area contributed by atoms with Crippen molar-refractivity contribution in [2.24, 2.45) is 0 Å². The Kier molecular flexibility index (Phi) is 5.99. The first-order chi connectivity index (χ1) is 17.2. The van der Waals surface area contributed by atoms with Crippen LogP contribution in [0.2, 0.25) is 0 Å². The highest BCUT2D eigenvalue weighted by Gasteiger charge is 2.33. The van der Waals surface area contributed by atoms with Gasteiger partial charge in [0.05, 0.1) is 16.8 Å². The molecule has 2 aromatic carbocycles. The fraction of sp³-hybridized carbons (Fsp3) is 0.222. The minimum atomic E-state index is -4.48. The van der Waals surface area contributed by atoms with E-state index in [0.717, 1.165) is 41.4 Å². The second-order valence-corrected chi connectivity index (χ2v) is 8.80. The number of hydrogen-bond acceptors (Lipinski definition) is 5. The summed E-state index contributed by atoms with van der Waals surface area (Å²) in [6, 6.07) is 14.8. The number of aryl methyl sites for hydroxylation is 1. The van der Waals surface area contributed by atoms with Crippen LogP contribution in [-0.2, 0) is 12.7 Å². The molecule has 9 heteroatoms. The fourth-order valence-corrected chi connectivity index (χ4v) is 4.19. The summed E-state index contributed by atoms with van der Waals surface area (Å²) in [6.07, 6.45) is 0.0634. The molecule has 0 aliphatic heterocycles. The topological polar surface area (TPSA) is 75.5 Å². The molecular weight excluding hydrogens is 471 g/mol. The van der Waals surface area contributed by atoms with Gasteiger partial charge in [0.25, 0.3) is 0 Å². The molecule has 2 aromatic heterocycles. The summed E-state index contributed by atoms with van der Waals surface area (Å²) in [5, 5.41) is 12.9. The zero-order valence-electron chi connectivity index (χ0n) is 19.3. The first-order valence-electron chi connectivity index (χ1n) is 11.4. The lowest BCUT2D eigenvalue weighted by Crippen LogP contribution is -2.29. The van der Waals surface area contributed by atoms with Crippen LogP contribution in [0, 0.1) is 6.92 Å². The molecular formula is C27H22F3N3O3. The van der Waals surface area contributed by atoms with Gasteiger partial charge in [-0.25, -0.2) is 9.78 Å². The Labute approximate surface area is 204 Å². The number of aromatic nitrogens is 2. The number of hydroxylamine groups is 1. The number of carboxylic acid groups (broad SMARTS) is 1. The Morgan fingerprint density at radius 2 is 1.86 bits per heavy atom. The van der Waals surface area contributed by atoms with Gasteiger partial charge in [-0.1, -0.05) is 24.3 Å². The predicted molar refractivity (Wildman–Crippen MR) is 128 cm³/mol. The van der Waals surface area contributed by atoms with Gasteiger partial charge in [-0.3, -0.25) is 4.98 Å². The zero-order valence-corrected chi connectivity index (χ0v) is 19.3. The number of hydrogen-bond donors (Lipinski definition) is 1. The van der Waals surface area contributed by atoms with Crippen molar-refractivity contribution in [1.29, 1.82) is 0 Å². The number of aromatic carboxylic acids is 1. The van der Waals surface area contributed by atoms with E-state index in [4.69, 9.17) is 4.84 Å². The third-order valence-corrected chi connectivity index (χ3v) is 6.14. The van der Waals surface area contributed by atoms with Crippen molar-refractivity contribution >= 4 is 22.6 Å². The highest BCUT2D eigenvalue weighted by Crippen LogP contribution is 2.47.